The molecular formula is C13H18N2. The van der Waals surface area contributed by atoms with Gasteiger partial charge in [0.2, 0.25) is 0 Å². The Morgan fingerprint density at radius 2 is 2.47 bits per heavy atom. The van der Waals surface area contributed by atoms with Crippen LogP contribution < -0.4 is 5.32 Å². The lowest BCUT2D eigenvalue weighted by atomic mass is 9.80. The maximum atomic E-state index is 4.26. The summed E-state index contributed by atoms with van der Waals surface area (Å²) in [6.45, 7) is 3.31. The summed E-state index contributed by atoms with van der Waals surface area (Å²) in [5, 5.41) is 3.56. The molecule has 2 aliphatic rings. The van der Waals surface area contributed by atoms with E-state index in [2.05, 4.69) is 23.3 Å². The van der Waals surface area contributed by atoms with Gasteiger partial charge in [0.25, 0.3) is 0 Å². The Balaban J connectivity index is 0.000000963. The van der Waals surface area contributed by atoms with Gasteiger partial charge in [0.15, 0.2) is 0 Å². The molecule has 0 aromatic carbocycles. The molecule has 0 spiro atoms. The molecule has 1 aromatic heterocycles. The maximum absolute atomic E-state index is 4.26. The average Bonchev–Trinajstić information content (AvgIpc) is 2.29. The number of fused-ring (bicyclic) bond motifs is 2. The van der Waals surface area contributed by atoms with E-state index in [1.165, 1.54) is 41.7 Å². The van der Waals surface area contributed by atoms with E-state index in [1.54, 1.807) is 0 Å². The molecule has 0 saturated heterocycles. The summed E-state index contributed by atoms with van der Waals surface area (Å²) >= 11 is 0. The molecule has 0 amide bonds. The van der Waals surface area contributed by atoms with E-state index in [9.17, 15) is 0 Å². The molecule has 2 nitrogen and oxygen atoms in total. The van der Waals surface area contributed by atoms with Gasteiger partial charge in [-0.15, -0.1) is 0 Å². The third-order valence-corrected chi connectivity index (χ3v) is 3.58. The Kier molecular flexibility index (Phi) is 2.01. The van der Waals surface area contributed by atoms with Crippen molar-refractivity contribution >= 4 is 5.57 Å². The Morgan fingerprint density at radius 3 is 3.40 bits per heavy atom. The van der Waals surface area contributed by atoms with E-state index in [0.717, 1.165) is 6.54 Å². The minimum atomic E-state index is 0. The molecule has 15 heavy (non-hydrogen) atoms. The van der Waals surface area contributed by atoms with Crippen molar-refractivity contribution in [3.8, 4) is 0 Å². The number of allylic oxidation sites excluding steroid dienone is 2. The predicted molar refractivity (Wildman–Crippen MR) is 63.1 cm³/mol. The van der Waals surface area contributed by atoms with Crippen molar-refractivity contribution in [1.82, 2.24) is 10.3 Å². The van der Waals surface area contributed by atoms with Gasteiger partial charge in [0.1, 0.15) is 0 Å². The molecule has 1 aliphatic heterocycles. The number of hydrogen-bond donors (Lipinski definition) is 1. The fourth-order valence-corrected chi connectivity index (χ4v) is 2.79. The zero-order valence-corrected chi connectivity index (χ0v) is 9.09. The standard InChI is InChI=1S/C13H16N2.H2/c1-9-3-2-4-12-13(9)11-8-14-6-5-10(11)7-15-12;/h5-6,8-9,15H,2-4,7H2,1H3;1H. The minimum absolute atomic E-state index is 0. The number of hydrogen-bond acceptors (Lipinski definition) is 2. The quantitative estimate of drug-likeness (QED) is 0.699. The SMILES string of the molecule is CC1CCCC2=C1c1cnccc1CN2.[HH]. The van der Waals surface area contributed by atoms with Gasteiger partial charge >= 0.3 is 0 Å². The van der Waals surface area contributed by atoms with Crippen LogP contribution in [0.5, 0.6) is 0 Å². The second-order valence-electron chi connectivity index (χ2n) is 4.57. The van der Waals surface area contributed by atoms with Crippen LogP contribution in [0.4, 0.5) is 0 Å². The number of rotatable bonds is 0. The molecule has 1 atom stereocenters. The molecule has 0 fully saturated rings. The van der Waals surface area contributed by atoms with Crippen LogP contribution in [-0.2, 0) is 6.54 Å². The maximum Gasteiger partial charge on any atom is 0.0405 e. The molecule has 0 radical (unpaired) electrons. The third kappa shape index (κ3) is 1.36. The zero-order valence-electron chi connectivity index (χ0n) is 9.09. The lowest BCUT2D eigenvalue weighted by Gasteiger charge is -2.32. The van der Waals surface area contributed by atoms with E-state index in [1.807, 2.05) is 12.4 Å². The van der Waals surface area contributed by atoms with Crippen LogP contribution in [0, 0.1) is 5.92 Å². The first-order chi connectivity index (χ1) is 7.36. The van der Waals surface area contributed by atoms with Crippen molar-refractivity contribution in [2.45, 2.75) is 32.7 Å². The highest BCUT2D eigenvalue weighted by Crippen LogP contribution is 2.39. The van der Waals surface area contributed by atoms with Crippen LogP contribution in [0.1, 0.15) is 38.7 Å². The van der Waals surface area contributed by atoms with Crippen LogP contribution >= 0.6 is 0 Å². The van der Waals surface area contributed by atoms with Gasteiger partial charge in [0.05, 0.1) is 0 Å². The highest BCUT2D eigenvalue weighted by molar-refractivity contribution is 5.73. The van der Waals surface area contributed by atoms with E-state index in [0.29, 0.717) is 5.92 Å². The molecule has 0 bridgehead atoms. The first kappa shape index (κ1) is 8.96. The summed E-state index contributed by atoms with van der Waals surface area (Å²) in [5.41, 5.74) is 5.78. The fourth-order valence-electron chi connectivity index (χ4n) is 2.79. The minimum Gasteiger partial charge on any atom is -0.384 e. The molecule has 1 N–H and O–H groups in total. The summed E-state index contributed by atoms with van der Waals surface area (Å²) in [6.07, 6.45) is 7.78. The second kappa shape index (κ2) is 3.37. The number of nitrogens with one attached hydrogen (secondary N) is 1. The molecule has 2 heterocycles. The molecule has 1 aliphatic carbocycles. The summed E-state index contributed by atoms with van der Waals surface area (Å²) < 4.78 is 0. The number of aromatic nitrogens is 1. The van der Waals surface area contributed by atoms with Gasteiger partial charge in [-0.05, 0) is 42.4 Å². The van der Waals surface area contributed by atoms with Crippen LogP contribution in [0.3, 0.4) is 0 Å². The second-order valence-corrected chi connectivity index (χ2v) is 4.57. The van der Waals surface area contributed by atoms with Crippen LogP contribution in [0.25, 0.3) is 5.57 Å². The van der Waals surface area contributed by atoms with Crippen LogP contribution in [0.15, 0.2) is 24.2 Å². The largest absolute Gasteiger partial charge is 0.384 e. The molecule has 3 rings (SSSR count). The lowest BCUT2D eigenvalue weighted by molar-refractivity contribution is 0.549. The van der Waals surface area contributed by atoms with Crippen LogP contribution in [-0.4, -0.2) is 4.98 Å². The summed E-state index contributed by atoms with van der Waals surface area (Å²) in [4.78, 5) is 4.26. The topological polar surface area (TPSA) is 24.9 Å². The van der Waals surface area contributed by atoms with E-state index >= 15 is 0 Å². The van der Waals surface area contributed by atoms with Gasteiger partial charge in [-0.1, -0.05) is 6.92 Å². The highest BCUT2D eigenvalue weighted by atomic mass is 14.9. The van der Waals surface area contributed by atoms with Crippen molar-refractivity contribution in [2.24, 2.45) is 5.92 Å². The Labute approximate surface area is 91.9 Å². The normalized spacial score (nSPS) is 24.2. The molecule has 0 saturated carbocycles. The lowest BCUT2D eigenvalue weighted by Crippen LogP contribution is -2.25. The van der Waals surface area contributed by atoms with Crippen molar-refractivity contribution in [2.75, 3.05) is 0 Å². The molecule has 1 unspecified atom stereocenters. The Hall–Kier alpha value is -1.31. The Bertz CT molecular complexity index is 426. The molecule has 1 aromatic rings. The first-order valence-corrected chi connectivity index (χ1v) is 5.76. The van der Waals surface area contributed by atoms with Gasteiger partial charge < -0.3 is 5.32 Å². The van der Waals surface area contributed by atoms with Gasteiger partial charge in [0, 0.05) is 31.6 Å². The van der Waals surface area contributed by atoms with Crippen molar-refractivity contribution in [3.05, 3.63) is 35.3 Å². The first-order valence-electron chi connectivity index (χ1n) is 5.76. The summed E-state index contributed by atoms with van der Waals surface area (Å²) in [5.74, 6) is 0.685. The predicted octanol–water partition coefficient (Wildman–Crippen LogP) is 2.96. The Morgan fingerprint density at radius 1 is 1.53 bits per heavy atom. The van der Waals surface area contributed by atoms with E-state index < -0.39 is 0 Å². The van der Waals surface area contributed by atoms with Gasteiger partial charge in [-0.3, -0.25) is 4.98 Å². The van der Waals surface area contributed by atoms with Gasteiger partial charge in [-0.2, -0.15) is 0 Å². The fraction of sp³-hybridized carbons (Fsp3) is 0.462. The zero-order chi connectivity index (χ0) is 10.3. The van der Waals surface area contributed by atoms with Crippen LogP contribution in [0.2, 0.25) is 0 Å². The van der Waals surface area contributed by atoms with Crippen molar-refractivity contribution in [1.29, 1.82) is 0 Å². The molecule has 2 heteroatoms. The molecular weight excluding hydrogens is 184 g/mol. The molecule has 80 valence electrons. The smallest absolute Gasteiger partial charge is 0.0405 e. The average molecular weight is 202 g/mol. The van der Waals surface area contributed by atoms with Crippen molar-refractivity contribution < 1.29 is 1.43 Å². The van der Waals surface area contributed by atoms with E-state index in [4.69, 9.17) is 0 Å². The third-order valence-electron chi connectivity index (χ3n) is 3.58. The monoisotopic (exact) mass is 202 g/mol. The highest BCUT2D eigenvalue weighted by Gasteiger charge is 2.25. The summed E-state index contributed by atoms with van der Waals surface area (Å²) in [6, 6.07) is 2.13. The number of pyridine rings is 1. The van der Waals surface area contributed by atoms with Crippen molar-refractivity contribution in [3.63, 3.8) is 0 Å². The summed E-state index contributed by atoms with van der Waals surface area (Å²) in [7, 11) is 0. The van der Waals surface area contributed by atoms with Gasteiger partial charge in [-0.25, -0.2) is 0 Å². The number of nitrogens with zero attached hydrogens (tertiary/aromatic N) is 1. The van der Waals surface area contributed by atoms with E-state index in [-0.39, 0.29) is 1.43 Å².